The molecule has 1 amide bonds. The highest BCUT2D eigenvalue weighted by atomic mass is 19.1. The van der Waals surface area contributed by atoms with Crippen molar-refractivity contribution < 1.29 is 18.7 Å². The highest BCUT2D eigenvalue weighted by molar-refractivity contribution is 5.78. The first-order chi connectivity index (χ1) is 11.3. The van der Waals surface area contributed by atoms with E-state index in [0.29, 0.717) is 12.5 Å². The van der Waals surface area contributed by atoms with Crippen LogP contribution in [-0.4, -0.2) is 17.6 Å². The number of hydrogen-bond acceptors (Lipinski definition) is 2. The minimum absolute atomic E-state index is 0.0556. The minimum Gasteiger partial charge on any atom is -0.383 e. The molecule has 2 aromatic carbocycles. The van der Waals surface area contributed by atoms with Gasteiger partial charge in [-0.3, -0.25) is 4.79 Å². The lowest BCUT2D eigenvalue weighted by Crippen LogP contribution is -2.41. The van der Waals surface area contributed by atoms with E-state index in [0.717, 1.165) is 11.6 Å². The van der Waals surface area contributed by atoms with Gasteiger partial charge in [-0.15, -0.1) is 0 Å². The van der Waals surface area contributed by atoms with Gasteiger partial charge in [0.1, 0.15) is 17.2 Å². The van der Waals surface area contributed by atoms with E-state index in [9.17, 15) is 18.7 Å². The van der Waals surface area contributed by atoms with Crippen LogP contribution in [0.25, 0.3) is 0 Å². The fourth-order valence-corrected chi connectivity index (χ4v) is 2.52. The molecule has 0 aromatic heterocycles. The summed E-state index contributed by atoms with van der Waals surface area (Å²) in [4.78, 5) is 12.2. The topological polar surface area (TPSA) is 49.3 Å². The first-order valence-corrected chi connectivity index (χ1v) is 7.79. The molecule has 2 unspecified atom stereocenters. The highest BCUT2D eigenvalue weighted by Gasteiger charge is 2.28. The molecular weight excluding hydrogens is 312 g/mol. The van der Waals surface area contributed by atoms with Gasteiger partial charge in [0, 0.05) is 17.5 Å². The van der Waals surface area contributed by atoms with Crippen LogP contribution < -0.4 is 5.32 Å². The van der Waals surface area contributed by atoms with E-state index < -0.39 is 17.2 Å². The molecule has 5 heteroatoms. The van der Waals surface area contributed by atoms with Crippen LogP contribution in [-0.2, 0) is 16.8 Å². The average molecular weight is 333 g/mol. The number of amides is 1. The Balaban J connectivity index is 1.96. The smallest absolute Gasteiger partial charge is 0.223 e. The predicted octanol–water partition coefficient (Wildman–Crippen LogP) is 3.17. The molecule has 2 aromatic rings. The van der Waals surface area contributed by atoms with Crippen molar-refractivity contribution in [1.82, 2.24) is 5.32 Å². The number of rotatable bonds is 6. The third kappa shape index (κ3) is 4.61. The number of hydrogen-bond donors (Lipinski definition) is 2. The number of halogens is 2. The monoisotopic (exact) mass is 333 g/mol. The molecule has 0 spiro atoms. The second-order valence-corrected chi connectivity index (χ2v) is 6.21. The molecule has 0 aliphatic carbocycles. The van der Waals surface area contributed by atoms with Gasteiger partial charge in [-0.1, -0.05) is 43.3 Å². The average Bonchev–Trinajstić information content (AvgIpc) is 2.53. The molecule has 2 N–H and O–H groups in total. The molecule has 0 aliphatic rings. The largest absolute Gasteiger partial charge is 0.383 e. The molecule has 0 fully saturated rings. The fourth-order valence-electron chi connectivity index (χ4n) is 2.52. The lowest BCUT2D eigenvalue weighted by Gasteiger charge is -2.25. The SMILES string of the molecule is CC(Cc1ccccc1)C(=O)NCC(C)(O)c1ccc(F)cc1F. The van der Waals surface area contributed by atoms with E-state index in [2.05, 4.69) is 5.32 Å². The lowest BCUT2D eigenvalue weighted by atomic mass is 9.94. The first kappa shape index (κ1) is 18.1. The maximum Gasteiger partial charge on any atom is 0.223 e. The normalized spacial score (nSPS) is 14.7. The van der Waals surface area contributed by atoms with Crippen LogP contribution in [0.1, 0.15) is 25.0 Å². The number of carbonyl (C=O) groups excluding carboxylic acids is 1. The van der Waals surface area contributed by atoms with Gasteiger partial charge in [-0.05, 0) is 25.0 Å². The summed E-state index contributed by atoms with van der Waals surface area (Å²) in [5.41, 5.74) is -0.642. The van der Waals surface area contributed by atoms with E-state index >= 15 is 0 Å². The molecule has 2 atom stereocenters. The summed E-state index contributed by atoms with van der Waals surface area (Å²) in [5.74, 6) is -2.08. The third-order valence-electron chi connectivity index (χ3n) is 3.95. The molecule has 2 rings (SSSR count). The second kappa shape index (κ2) is 7.53. The minimum atomic E-state index is -1.63. The maximum absolute atomic E-state index is 13.8. The van der Waals surface area contributed by atoms with Gasteiger partial charge in [0.05, 0.1) is 6.54 Å². The molecule has 0 saturated carbocycles. The maximum atomic E-state index is 13.8. The Morgan fingerprint density at radius 1 is 1.21 bits per heavy atom. The van der Waals surface area contributed by atoms with Crippen molar-refractivity contribution in [2.45, 2.75) is 25.9 Å². The summed E-state index contributed by atoms with van der Waals surface area (Å²) in [6.07, 6.45) is 0.569. The molecule has 24 heavy (non-hydrogen) atoms. The Kier molecular flexibility index (Phi) is 5.67. The zero-order valence-corrected chi connectivity index (χ0v) is 13.7. The van der Waals surface area contributed by atoms with Crippen LogP contribution in [0.3, 0.4) is 0 Å². The highest BCUT2D eigenvalue weighted by Crippen LogP contribution is 2.23. The second-order valence-electron chi connectivity index (χ2n) is 6.21. The summed E-state index contributed by atoms with van der Waals surface area (Å²) in [6, 6.07) is 12.6. The van der Waals surface area contributed by atoms with Crippen LogP contribution in [0, 0.1) is 17.6 Å². The van der Waals surface area contributed by atoms with E-state index in [1.54, 1.807) is 6.92 Å². The Labute approximate surface area is 140 Å². The van der Waals surface area contributed by atoms with Crippen molar-refractivity contribution in [2.75, 3.05) is 6.54 Å². The van der Waals surface area contributed by atoms with Gasteiger partial charge in [0.25, 0.3) is 0 Å². The number of aliphatic hydroxyl groups is 1. The van der Waals surface area contributed by atoms with Crippen LogP contribution in [0.4, 0.5) is 8.78 Å². The molecule has 0 bridgehead atoms. The summed E-state index contributed by atoms with van der Waals surface area (Å²) in [6.45, 7) is 3.01. The summed E-state index contributed by atoms with van der Waals surface area (Å²) in [7, 11) is 0. The molecule has 0 radical (unpaired) electrons. The van der Waals surface area contributed by atoms with E-state index in [1.807, 2.05) is 30.3 Å². The third-order valence-corrected chi connectivity index (χ3v) is 3.95. The fraction of sp³-hybridized carbons (Fsp3) is 0.316. The molecule has 0 saturated heterocycles. The Hall–Kier alpha value is -2.27. The zero-order valence-electron chi connectivity index (χ0n) is 13.7. The zero-order chi connectivity index (χ0) is 17.7. The van der Waals surface area contributed by atoms with E-state index in [4.69, 9.17) is 0 Å². The standard InChI is InChI=1S/C19H21F2NO2/c1-13(10-14-6-4-3-5-7-14)18(23)22-12-19(2,24)16-9-8-15(20)11-17(16)21/h3-9,11,13,24H,10,12H2,1-2H3,(H,22,23). The van der Waals surface area contributed by atoms with E-state index in [-0.39, 0.29) is 23.9 Å². The summed E-state index contributed by atoms with van der Waals surface area (Å²) < 4.78 is 26.8. The lowest BCUT2D eigenvalue weighted by molar-refractivity contribution is -0.125. The number of benzene rings is 2. The van der Waals surface area contributed by atoms with Gasteiger partial charge in [0.2, 0.25) is 5.91 Å². The Morgan fingerprint density at radius 3 is 2.50 bits per heavy atom. The molecule has 0 aliphatic heterocycles. The van der Waals surface area contributed by atoms with Crippen molar-refractivity contribution in [2.24, 2.45) is 5.92 Å². The predicted molar refractivity (Wildman–Crippen MR) is 88.2 cm³/mol. The summed E-state index contributed by atoms with van der Waals surface area (Å²) >= 11 is 0. The Morgan fingerprint density at radius 2 is 1.88 bits per heavy atom. The number of nitrogens with one attached hydrogen (secondary N) is 1. The Bertz CT molecular complexity index is 702. The first-order valence-electron chi connectivity index (χ1n) is 7.79. The van der Waals surface area contributed by atoms with Crippen LogP contribution in [0.2, 0.25) is 0 Å². The molecule has 128 valence electrons. The van der Waals surface area contributed by atoms with Crippen LogP contribution >= 0.6 is 0 Å². The quantitative estimate of drug-likeness (QED) is 0.853. The van der Waals surface area contributed by atoms with Crippen molar-refractivity contribution in [1.29, 1.82) is 0 Å². The van der Waals surface area contributed by atoms with Crippen LogP contribution in [0.5, 0.6) is 0 Å². The van der Waals surface area contributed by atoms with Crippen molar-refractivity contribution in [3.63, 3.8) is 0 Å². The van der Waals surface area contributed by atoms with Gasteiger partial charge < -0.3 is 10.4 Å². The molecular formula is C19H21F2NO2. The van der Waals surface area contributed by atoms with E-state index in [1.165, 1.54) is 13.0 Å². The van der Waals surface area contributed by atoms with Crippen molar-refractivity contribution in [3.8, 4) is 0 Å². The van der Waals surface area contributed by atoms with Gasteiger partial charge in [0.15, 0.2) is 0 Å². The summed E-state index contributed by atoms with van der Waals surface area (Å²) in [5, 5.41) is 13.0. The van der Waals surface area contributed by atoms with Gasteiger partial charge in [-0.25, -0.2) is 8.78 Å². The van der Waals surface area contributed by atoms with Crippen LogP contribution in [0.15, 0.2) is 48.5 Å². The van der Waals surface area contributed by atoms with Crippen molar-refractivity contribution >= 4 is 5.91 Å². The number of carbonyl (C=O) groups is 1. The van der Waals surface area contributed by atoms with Crippen molar-refractivity contribution in [3.05, 3.63) is 71.3 Å². The molecule has 3 nitrogen and oxygen atoms in total. The van der Waals surface area contributed by atoms with Gasteiger partial charge >= 0.3 is 0 Å². The molecule has 0 heterocycles. The van der Waals surface area contributed by atoms with Gasteiger partial charge in [-0.2, -0.15) is 0 Å².